The highest BCUT2D eigenvalue weighted by Crippen LogP contribution is 2.38. The van der Waals surface area contributed by atoms with E-state index in [0.29, 0.717) is 49.0 Å². The largest absolute Gasteiger partial charge is 0.466 e. The second-order valence-electron chi connectivity index (χ2n) is 7.89. The fraction of sp³-hybridized carbons (Fsp3) is 0.600. The maximum Gasteiger partial charge on any atom is 0.410 e. The third kappa shape index (κ3) is 5.76. The van der Waals surface area contributed by atoms with Gasteiger partial charge in [-0.2, -0.15) is 0 Å². The van der Waals surface area contributed by atoms with Gasteiger partial charge in [0, 0.05) is 13.1 Å². The Kier molecular flexibility index (Phi) is 7.03. The van der Waals surface area contributed by atoms with Crippen molar-refractivity contribution < 1.29 is 19.1 Å². The number of benzene rings is 1. The molecule has 0 aromatic heterocycles. The molecule has 0 bridgehead atoms. The van der Waals surface area contributed by atoms with Crippen molar-refractivity contribution in [2.75, 3.05) is 19.7 Å². The number of halogens is 2. The van der Waals surface area contributed by atoms with Crippen LogP contribution in [0.4, 0.5) is 4.79 Å². The fourth-order valence-corrected chi connectivity index (χ4v) is 3.54. The molecule has 27 heavy (non-hydrogen) atoms. The van der Waals surface area contributed by atoms with Crippen LogP contribution in [0.15, 0.2) is 18.2 Å². The molecule has 5 nitrogen and oxygen atoms in total. The van der Waals surface area contributed by atoms with Gasteiger partial charge >= 0.3 is 12.1 Å². The zero-order valence-corrected chi connectivity index (χ0v) is 17.8. The van der Waals surface area contributed by atoms with E-state index in [1.807, 2.05) is 26.8 Å². The van der Waals surface area contributed by atoms with Gasteiger partial charge in [-0.25, -0.2) is 4.79 Å². The molecule has 1 aromatic rings. The third-order valence-electron chi connectivity index (χ3n) is 4.61. The highest BCUT2D eigenvalue weighted by Gasteiger charge is 2.44. The highest BCUT2D eigenvalue weighted by atomic mass is 35.5. The zero-order valence-electron chi connectivity index (χ0n) is 16.3. The van der Waals surface area contributed by atoms with E-state index in [1.54, 1.807) is 24.0 Å². The molecule has 1 amide bonds. The molecule has 0 spiro atoms. The van der Waals surface area contributed by atoms with Crippen LogP contribution in [-0.4, -0.2) is 42.3 Å². The molecule has 2 rings (SSSR count). The summed E-state index contributed by atoms with van der Waals surface area (Å²) in [4.78, 5) is 26.7. The number of hydrogen-bond donors (Lipinski definition) is 0. The lowest BCUT2D eigenvalue weighted by Crippen LogP contribution is -2.49. The number of ether oxygens (including phenoxy) is 2. The Hall–Kier alpha value is -1.46. The molecule has 1 saturated heterocycles. The van der Waals surface area contributed by atoms with Crippen molar-refractivity contribution in [1.82, 2.24) is 4.90 Å². The first kappa shape index (κ1) is 21.8. The lowest BCUT2D eigenvalue weighted by molar-refractivity contribution is -0.158. The number of nitrogens with zero attached hydrogens (tertiary/aromatic N) is 1. The Labute approximate surface area is 170 Å². The number of esters is 1. The summed E-state index contributed by atoms with van der Waals surface area (Å²) in [6.07, 6.45) is 1.15. The Morgan fingerprint density at radius 1 is 1.15 bits per heavy atom. The van der Waals surface area contributed by atoms with Crippen molar-refractivity contribution in [3.05, 3.63) is 33.8 Å². The molecule has 0 aliphatic carbocycles. The summed E-state index contributed by atoms with van der Waals surface area (Å²) in [6, 6.07) is 5.38. The first-order valence-corrected chi connectivity index (χ1v) is 9.91. The van der Waals surface area contributed by atoms with Crippen LogP contribution in [0, 0.1) is 5.41 Å². The van der Waals surface area contributed by atoms with Crippen LogP contribution < -0.4 is 0 Å². The first-order chi connectivity index (χ1) is 12.6. The van der Waals surface area contributed by atoms with E-state index in [2.05, 4.69) is 0 Å². The lowest BCUT2D eigenvalue weighted by Gasteiger charge is -2.40. The van der Waals surface area contributed by atoms with Crippen LogP contribution in [0.2, 0.25) is 10.0 Å². The van der Waals surface area contributed by atoms with Gasteiger partial charge in [0.2, 0.25) is 0 Å². The third-order valence-corrected chi connectivity index (χ3v) is 5.35. The number of hydrogen-bond acceptors (Lipinski definition) is 4. The van der Waals surface area contributed by atoms with E-state index in [4.69, 9.17) is 32.7 Å². The summed E-state index contributed by atoms with van der Waals surface area (Å²) in [5.41, 5.74) is -0.318. The van der Waals surface area contributed by atoms with Gasteiger partial charge in [0.05, 0.1) is 22.1 Å². The van der Waals surface area contributed by atoms with Crippen LogP contribution in [0.3, 0.4) is 0 Å². The van der Waals surface area contributed by atoms with E-state index < -0.39 is 11.0 Å². The molecule has 0 unspecified atom stereocenters. The molecule has 0 atom stereocenters. The predicted molar refractivity (Wildman–Crippen MR) is 106 cm³/mol. The first-order valence-electron chi connectivity index (χ1n) is 9.15. The molecule has 1 heterocycles. The van der Waals surface area contributed by atoms with Crippen molar-refractivity contribution in [3.8, 4) is 0 Å². The van der Waals surface area contributed by atoms with Gasteiger partial charge in [0.1, 0.15) is 5.60 Å². The number of carbonyl (C=O) groups is 2. The monoisotopic (exact) mass is 415 g/mol. The van der Waals surface area contributed by atoms with E-state index in [1.165, 1.54) is 0 Å². The van der Waals surface area contributed by atoms with Gasteiger partial charge in [-0.3, -0.25) is 4.79 Å². The topological polar surface area (TPSA) is 55.8 Å². The Morgan fingerprint density at radius 3 is 2.30 bits per heavy atom. The molecule has 1 aliphatic rings. The summed E-state index contributed by atoms with van der Waals surface area (Å²) < 4.78 is 10.8. The van der Waals surface area contributed by atoms with Gasteiger partial charge in [-0.15, -0.1) is 0 Å². The minimum Gasteiger partial charge on any atom is -0.466 e. The summed E-state index contributed by atoms with van der Waals surface area (Å²) in [5, 5.41) is 0.935. The van der Waals surface area contributed by atoms with Crippen LogP contribution >= 0.6 is 23.2 Å². The molecule has 1 fully saturated rings. The van der Waals surface area contributed by atoms with Gasteiger partial charge in [0.25, 0.3) is 0 Å². The molecular formula is C20H27Cl2NO4. The van der Waals surface area contributed by atoms with Crippen molar-refractivity contribution in [1.29, 1.82) is 0 Å². The summed E-state index contributed by atoms with van der Waals surface area (Å²) in [5.74, 6) is -0.236. The van der Waals surface area contributed by atoms with Crippen LogP contribution in [0.1, 0.15) is 46.1 Å². The molecular weight excluding hydrogens is 389 g/mol. The Morgan fingerprint density at radius 2 is 1.78 bits per heavy atom. The standard InChI is InChI=1S/C20H27Cl2NO4/c1-5-26-17(24)20(13-14-6-7-15(21)16(22)12-14)8-10-23(11-9-20)18(25)27-19(2,3)4/h6-7,12H,5,8-11,13H2,1-4H3. The van der Waals surface area contributed by atoms with Crippen molar-refractivity contribution in [3.63, 3.8) is 0 Å². The zero-order chi connectivity index (χ0) is 20.2. The molecule has 7 heteroatoms. The maximum absolute atomic E-state index is 12.8. The van der Waals surface area contributed by atoms with E-state index >= 15 is 0 Å². The molecule has 0 N–H and O–H groups in total. The van der Waals surface area contributed by atoms with Crippen LogP contribution in [0.25, 0.3) is 0 Å². The predicted octanol–water partition coefficient (Wildman–Crippen LogP) is 5.12. The normalized spacial score (nSPS) is 16.7. The molecule has 0 radical (unpaired) electrons. The number of amides is 1. The smallest absolute Gasteiger partial charge is 0.410 e. The van der Waals surface area contributed by atoms with Crippen LogP contribution in [-0.2, 0) is 20.7 Å². The van der Waals surface area contributed by atoms with Gasteiger partial charge in [0.15, 0.2) is 0 Å². The minimum absolute atomic E-state index is 0.236. The lowest BCUT2D eigenvalue weighted by atomic mass is 9.74. The van der Waals surface area contributed by atoms with E-state index in [9.17, 15) is 9.59 Å². The van der Waals surface area contributed by atoms with E-state index in [0.717, 1.165) is 5.56 Å². The summed E-state index contributed by atoms with van der Waals surface area (Å²) in [7, 11) is 0. The molecule has 150 valence electrons. The SMILES string of the molecule is CCOC(=O)C1(Cc2ccc(Cl)c(Cl)c2)CCN(C(=O)OC(C)(C)C)CC1. The average Bonchev–Trinajstić information content (AvgIpc) is 2.57. The summed E-state index contributed by atoms with van der Waals surface area (Å²) in [6.45, 7) is 8.49. The second kappa shape index (κ2) is 8.70. The Bertz CT molecular complexity index is 692. The average molecular weight is 416 g/mol. The van der Waals surface area contributed by atoms with Crippen LogP contribution in [0.5, 0.6) is 0 Å². The fourth-order valence-electron chi connectivity index (χ4n) is 3.22. The molecule has 1 aromatic carbocycles. The number of piperidine rings is 1. The quantitative estimate of drug-likeness (QED) is 0.640. The number of rotatable bonds is 4. The number of likely N-dealkylation sites (tertiary alicyclic amines) is 1. The number of carbonyl (C=O) groups excluding carboxylic acids is 2. The molecule has 0 saturated carbocycles. The van der Waals surface area contributed by atoms with Gasteiger partial charge < -0.3 is 14.4 Å². The Balaban J connectivity index is 2.15. The minimum atomic E-state index is -0.689. The van der Waals surface area contributed by atoms with Gasteiger partial charge in [-0.05, 0) is 64.7 Å². The molecule has 1 aliphatic heterocycles. The highest BCUT2D eigenvalue weighted by molar-refractivity contribution is 6.42. The second-order valence-corrected chi connectivity index (χ2v) is 8.71. The summed E-state index contributed by atoms with van der Waals surface area (Å²) >= 11 is 12.1. The van der Waals surface area contributed by atoms with Crippen molar-refractivity contribution >= 4 is 35.3 Å². The van der Waals surface area contributed by atoms with Gasteiger partial charge in [-0.1, -0.05) is 29.3 Å². The van der Waals surface area contributed by atoms with E-state index in [-0.39, 0.29) is 12.1 Å². The van der Waals surface area contributed by atoms with Crippen molar-refractivity contribution in [2.45, 2.75) is 52.6 Å². The maximum atomic E-state index is 12.8. The van der Waals surface area contributed by atoms with Crippen molar-refractivity contribution in [2.24, 2.45) is 5.41 Å².